The Morgan fingerprint density at radius 2 is 1.97 bits per heavy atom. The molecule has 1 fully saturated rings. The van der Waals surface area contributed by atoms with E-state index in [1.165, 1.54) is 0 Å². The van der Waals surface area contributed by atoms with Crippen LogP contribution in [0.4, 0.5) is 5.69 Å². The fourth-order valence-electron chi connectivity index (χ4n) is 5.10. The van der Waals surface area contributed by atoms with Crippen LogP contribution in [0.2, 0.25) is 0 Å². The van der Waals surface area contributed by atoms with Gasteiger partial charge in [0.1, 0.15) is 11.5 Å². The van der Waals surface area contributed by atoms with E-state index in [0.29, 0.717) is 29.6 Å². The van der Waals surface area contributed by atoms with E-state index in [2.05, 4.69) is 45.0 Å². The van der Waals surface area contributed by atoms with Gasteiger partial charge in [0.2, 0.25) is 5.91 Å². The van der Waals surface area contributed by atoms with E-state index in [9.17, 15) is 4.79 Å². The fraction of sp³-hybridized carbons (Fsp3) is 0.276. The molecule has 0 radical (unpaired) electrons. The second-order valence-electron chi connectivity index (χ2n) is 9.31. The number of nitrogens with one attached hydrogen (secondary N) is 2. The predicted octanol–water partition coefficient (Wildman–Crippen LogP) is 5.15. The van der Waals surface area contributed by atoms with Crippen LogP contribution in [-0.4, -0.2) is 39.1 Å². The van der Waals surface area contributed by atoms with E-state index in [-0.39, 0.29) is 24.4 Å². The average Bonchev–Trinajstić information content (AvgIpc) is 3.63. The number of hydrogen-bond donors (Lipinski definition) is 2. The fourth-order valence-corrected chi connectivity index (χ4v) is 5.43. The molecule has 3 aromatic heterocycles. The van der Waals surface area contributed by atoms with Crippen molar-refractivity contribution in [3.63, 3.8) is 0 Å². The normalized spacial score (nSPS) is 16.9. The molecule has 4 aromatic rings. The van der Waals surface area contributed by atoms with Crippen molar-refractivity contribution in [2.75, 3.05) is 19.0 Å². The topological polar surface area (TPSA) is 84.6 Å². The van der Waals surface area contributed by atoms with E-state index >= 15 is 0 Å². The Morgan fingerprint density at radius 3 is 2.71 bits per heavy atom. The lowest BCUT2D eigenvalue weighted by Gasteiger charge is -2.28. The highest BCUT2D eigenvalue weighted by Crippen LogP contribution is 2.41. The van der Waals surface area contributed by atoms with E-state index in [0.717, 1.165) is 28.4 Å². The van der Waals surface area contributed by atoms with Crippen LogP contribution in [0.5, 0.6) is 5.75 Å². The van der Waals surface area contributed by atoms with Crippen molar-refractivity contribution >= 4 is 28.9 Å². The highest BCUT2D eigenvalue weighted by Gasteiger charge is 2.41. The van der Waals surface area contributed by atoms with Gasteiger partial charge in [-0.2, -0.15) is 0 Å². The molecule has 0 unspecified atom stereocenters. The molecule has 2 atom stereocenters. The number of para-hydroxylation sites is 2. The van der Waals surface area contributed by atoms with Crippen LogP contribution in [0.15, 0.2) is 77.5 Å². The Kier molecular flexibility index (Phi) is 7.46. The molecule has 0 aliphatic carbocycles. The number of thiocarbonyl (C=S) groups is 1. The van der Waals surface area contributed by atoms with Gasteiger partial charge in [0.15, 0.2) is 5.11 Å². The number of anilines is 1. The largest absolute Gasteiger partial charge is 0.495 e. The Balaban J connectivity index is 1.42. The van der Waals surface area contributed by atoms with E-state index in [1.54, 1.807) is 19.6 Å². The summed E-state index contributed by atoms with van der Waals surface area (Å²) in [7, 11) is 1.59. The molecule has 1 amide bonds. The van der Waals surface area contributed by atoms with Crippen LogP contribution in [0.25, 0.3) is 0 Å². The van der Waals surface area contributed by atoms with E-state index in [1.807, 2.05) is 54.6 Å². The van der Waals surface area contributed by atoms with Gasteiger partial charge in [0, 0.05) is 30.6 Å². The first-order valence-electron chi connectivity index (χ1n) is 12.6. The highest BCUT2D eigenvalue weighted by atomic mass is 32.1. The average molecular weight is 530 g/mol. The van der Waals surface area contributed by atoms with Gasteiger partial charge in [-0.25, -0.2) is 0 Å². The summed E-state index contributed by atoms with van der Waals surface area (Å²) in [6.45, 7) is 5.31. The van der Waals surface area contributed by atoms with Gasteiger partial charge in [-0.1, -0.05) is 18.2 Å². The lowest BCUT2D eigenvalue weighted by Crippen LogP contribution is -2.33. The number of benzene rings is 1. The summed E-state index contributed by atoms with van der Waals surface area (Å²) >= 11 is 5.81. The van der Waals surface area contributed by atoms with Crippen LogP contribution >= 0.6 is 12.2 Å². The van der Waals surface area contributed by atoms with Crippen molar-refractivity contribution < 1.29 is 13.9 Å². The third kappa shape index (κ3) is 5.15. The number of hydrogen-bond acceptors (Lipinski definition) is 5. The number of ether oxygens (including phenoxy) is 1. The first-order valence-corrected chi connectivity index (χ1v) is 13.0. The summed E-state index contributed by atoms with van der Waals surface area (Å²) in [5.74, 6) is 1.40. The number of carbonyl (C=O) groups is 1. The third-order valence-corrected chi connectivity index (χ3v) is 7.34. The number of rotatable bonds is 9. The lowest BCUT2D eigenvalue weighted by molar-refractivity contribution is -0.116. The van der Waals surface area contributed by atoms with Gasteiger partial charge in [0.05, 0.1) is 43.4 Å². The summed E-state index contributed by atoms with van der Waals surface area (Å²) in [5, 5.41) is 7.05. The van der Waals surface area contributed by atoms with Gasteiger partial charge in [-0.3, -0.25) is 9.78 Å². The summed E-state index contributed by atoms with van der Waals surface area (Å²) in [6, 6.07) is 19.1. The number of pyridine rings is 1. The number of amides is 1. The molecular formula is C29H31N5O3S. The molecule has 0 spiro atoms. The smallest absolute Gasteiger partial charge is 0.226 e. The van der Waals surface area contributed by atoms with Gasteiger partial charge in [-0.15, -0.1) is 0 Å². The predicted molar refractivity (Wildman–Crippen MR) is 150 cm³/mol. The van der Waals surface area contributed by atoms with Crippen molar-refractivity contribution in [2.45, 2.75) is 38.9 Å². The Morgan fingerprint density at radius 1 is 1.16 bits per heavy atom. The van der Waals surface area contributed by atoms with Crippen LogP contribution in [-0.2, 0) is 11.3 Å². The number of nitrogens with zero attached hydrogens (tertiary/aromatic N) is 3. The first kappa shape index (κ1) is 25.5. The number of carbonyl (C=O) groups excluding carboxylic acids is 1. The molecule has 38 heavy (non-hydrogen) atoms. The van der Waals surface area contributed by atoms with Gasteiger partial charge in [0.25, 0.3) is 0 Å². The molecule has 0 saturated carbocycles. The molecule has 5 rings (SSSR count). The molecule has 0 bridgehead atoms. The van der Waals surface area contributed by atoms with Crippen molar-refractivity contribution in [3.05, 3.63) is 102 Å². The Bertz CT molecular complexity index is 1420. The zero-order valence-electron chi connectivity index (χ0n) is 21.7. The molecular weight excluding hydrogens is 498 g/mol. The second kappa shape index (κ2) is 11.1. The minimum atomic E-state index is -0.154. The molecule has 1 aliphatic rings. The SMILES string of the molecule is COc1ccccc1NC(=O)CCN1C(=S)N[C@H](c2ccccn2)[C@@H]1c1cc(C)n(Cc2ccco2)c1C. The summed E-state index contributed by atoms with van der Waals surface area (Å²) in [4.78, 5) is 19.7. The van der Waals surface area contributed by atoms with Gasteiger partial charge < -0.3 is 29.3 Å². The molecule has 1 aromatic carbocycles. The van der Waals surface area contributed by atoms with Crippen molar-refractivity contribution in [3.8, 4) is 5.75 Å². The van der Waals surface area contributed by atoms with Gasteiger partial charge >= 0.3 is 0 Å². The minimum Gasteiger partial charge on any atom is -0.495 e. The maximum atomic E-state index is 13.0. The third-order valence-electron chi connectivity index (χ3n) is 6.98. The Hall–Kier alpha value is -4.11. The number of aromatic nitrogens is 2. The lowest BCUT2D eigenvalue weighted by atomic mass is 9.96. The van der Waals surface area contributed by atoms with Crippen LogP contribution in [0.1, 0.15) is 46.9 Å². The first-order chi connectivity index (χ1) is 18.5. The molecule has 8 nitrogen and oxygen atoms in total. The zero-order valence-corrected chi connectivity index (χ0v) is 22.5. The van der Waals surface area contributed by atoms with Crippen LogP contribution in [0.3, 0.4) is 0 Å². The number of methoxy groups -OCH3 is 1. The molecule has 9 heteroatoms. The standard InChI is InChI=1S/C29H31N5O3S/c1-19-17-22(20(2)34(19)18-21-9-8-16-37-21)28-27(24-11-6-7-14-30-24)32-29(38)33(28)15-13-26(35)31-23-10-4-5-12-25(23)36-3/h4-12,14,16-17,27-28H,13,15,18H2,1-3H3,(H,31,35)(H,32,38)/t27-,28+/m1/s1. The van der Waals surface area contributed by atoms with Crippen LogP contribution < -0.4 is 15.4 Å². The molecule has 196 valence electrons. The van der Waals surface area contributed by atoms with Crippen molar-refractivity contribution in [1.29, 1.82) is 0 Å². The van der Waals surface area contributed by atoms with Crippen LogP contribution in [0, 0.1) is 13.8 Å². The molecule has 2 N–H and O–H groups in total. The van der Waals surface area contributed by atoms with E-state index in [4.69, 9.17) is 21.4 Å². The summed E-state index contributed by atoms with van der Waals surface area (Å²) < 4.78 is 13.2. The summed E-state index contributed by atoms with van der Waals surface area (Å²) in [6.07, 6.45) is 3.75. The highest BCUT2D eigenvalue weighted by molar-refractivity contribution is 7.80. The van der Waals surface area contributed by atoms with E-state index < -0.39 is 0 Å². The summed E-state index contributed by atoms with van der Waals surface area (Å²) in [5.41, 5.74) is 4.94. The molecule has 1 aliphatic heterocycles. The maximum Gasteiger partial charge on any atom is 0.226 e. The van der Waals surface area contributed by atoms with Gasteiger partial charge in [-0.05, 0) is 74.1 Å². The minimum absolute atomic E-state index is 0.111. The monoisotopic (exact) mass is 529 g/mol. The molecule has 4 heterocycles. The van der Waals surface area contributed by atoms with Crippen molar-refractivity contribution in [2.24, 2.45) is 0 Å². The zero-order chi connectivity index (χ0) is 26.6. The number of aryl methyl sites for hydroxylation is 1. The molecule has 1 saturated heterocycles. The quantitative estimate of drug-likeness (QED) is 0.290. The maximum absolute atomic E-state index is 13.0. The van der Waals surface area contributed by atoms with Crippen molar-refractivity contribution in [1.82, 2.24) is 19.8 Å². The second-order valence-corrected chi connectivity index (χ2v) is 9.70. The number of furan rings is 1. The Labute approximate surface area is 227 Å².